The van der Waals surface area contributed by atoms with Crippen molar-refractivity contribution in [1.29, 1.82) is 0 Å². The Morgan fingerprint density at radius 1 is 1.00 bits per heavy atom. The van der Waals surface area contributed by atoms with Gasteiger partial charge in [0.25, 0.3) is 5.91 Å². The number of ether oxygens (including phenoxy) is 3. The fourth-order valence-electron chi connectivity index (χ4n) is 2.57. The van der Waals surface area contributed by atoms with Gasteiger partial charge in [-0.05, 0) is 17.7 Å². The van der Waals surface area contributed by atoms with Crippen molar-refractivity contribution < 1.29 is 28.6 Å². The Labute approximate surface area is 169 Å². The first kappa shape index (κ1) is 21.7. The molecular weight excluding hydrogens is 374 g/mol. The van der Waals surface area contributed by atoms with Crippen LogP contribution >= 0.6 is 0 Å². The van der Waals surface area contributed by atoms with Crippen molar-refractivity contribution in [3.8, 4) is 5.75 Å². The van der Waals surface area contributed by atoms with E-state index in [0.29, 0.717) is 11.3 Å². The van der Waals surface area contributed by atoms with E-state index in [1.54, 1.807) is 18.2 Å². The summed E-state index contributed by atoms with van der Waals surface area (Å²) in [6, 6.07) is 15.5. The van der Waals surface area contributed by atoms with Crippen LogP contribution in [0.3, 0.4) is 0 Å². The maximum Gasteiger partial charge on any atom is 0.331 e. The van der Waals surface area contributed by atoms with E-state index in [1.165, 1.54) is 26.4 Å². The molecule has 1 atom stereocenters. The standard InChI is InChI=1S/C22H23NO6/c1-27-19-11-7-6-10-17(19)12-13-21(25)29-15-20(24)23-18(22(26)28-2)14-16-8-4-3-5-9-16/h3-13,18H,14-15H2,1-2H3,(H,23,24)/b13-12+/t18-/m0/s1. The minimum absolute atomic E-state index is 0.265. The van der Waals surface area contributed by atoms with Gasteiger partial charge in [-0.15, -0.1) is 0 Å². The molecule has 0 aliphatic carbocycles. The zero-order chi connectivity index (χ0) is 21.1. The number of benzene rings is 2. The molecule has 0 saturated heterocycles. The third-order valence-electron chi connectivity index (χ3n) is 3.99. The molecule has 152 valence electrons. The van der Waals surface area contributed by atoms with Crippen molar-refractivity contribution >= 4 is 23.9 Å². The Morgan fingerprint density at radius 3 is 2.38 bits per heavy atom. The summed E-state index contributed by atoms with van der Waals surface area (Å²) in [5, 5.41) is 2.53. The molecule has 0 saturated carbocycles. The van der Waals surface area contributed by atoms with Crippen molar-refractivity contribution in [2.24, 2.45) is 0 Å². The van der Waals surface area contributed by atoms with E-state index in [4.69, 9.17) is 14.2 Å². The summed E-state index contributed by atoms with van der Waals surface area (Å²) in [6.45, 7) is -0.516. The van der Waals surface area contributed by atoms with E-state index in [0.717, 1.165) is 5.56 Å². The largest absolute Gasteiger partial charge is 0.496 e. The number of para-hydroxylation sites is 1. The highest BCUT2D eigenvalue weighted by Gasteiger charge is 2.22. The first-order valence-corrected chi connectivity index (χ1v) is 8.92. The third-order valence-corrected chi connectivity index (χ3v) is 3.99. The number of rotatable bonds is 9. The van der Waals surface area contributed by atoms with Gasteiger partial charge in [0.15, 0.2) is 6.61 Å². The number of nitrogens with one attached hydrogen (secondary N) is 1. The molecule has 0 heterocycles. The predicted octanol–water partition coefficient (Wildman–Crippen LogP) is 2.15. The maximum atomic E-state index is 12.1. The fourth-order valence-corrected chi connectivity index (χ4v) is 2.57. The molecule has 2 aromatic rings. The molecule has 0 aliphatic rings. The summed E-state index contributed by atoms with van der Waals surface area (Å²) in [5.74, 6) is -1.26. The number of hydrogen-bond donors (Lipinski definition) is 1. The van der Waals surface area contributed by atoms with Crippen molar-refractivity contribution in [3.63, 3.8) is 0 Å². The van der Waals surface area contributed by atoms with E-state index in [9.17, 15) is 14.4 Å². The van der Waals surface area contributed by atoms with Crippen LogP contribution in [-0.2, 0) is 30.3 Å². The lowest BCUT2D eigenvalue weighted by molar-refractivity contribution is -0.147. The van der Waals surface area contributed by atoms with Gasteiger partial charge in [-0.1, -0.05) is 48.5 Å². The molecule has 0 fully saturated rings. The molecular formula is C22H23NO6. The topological polar surface area (TPSA) is 90.9 Å². The fraction of sp³-hybridized carbons (Fsp3) is 0.227. The van der Waals surface area contributed by atoms with Gasteiger partial charge in [0.1, 0.15) is 11.8 Å². The predicted molar refractivity (Wildman–Crippen MR) is 107 cm³/mol. The Hall–Kier alpha value is -3.61. The molecule has 2 rings (SSSR count). The first-order valence-electron chi connectivity index (χ1n) is 8.92. The Morgan fingerprint density at radius 2 is 1.69 bits per heavy atom. The second-order valence-electron chi connectivity index (χ2n) is 6.02. The van der Waals surface area contributed by atoms with Gasteiger partial charge < -0.3 is 19.5 Å². The molecule has 0 aliphatic heterocycles. The molecule has 2 aromatic carbocycles. The number of carbonyl (C=O) groups excluding carboxylic acids is 3. The molecule has 0 spiro atoms. The number of methoxy groups -OCH3 is 2. The van der Waals surface area contributed by atoms with Crippen molar-refractivity contribution in [1.82, 2.24) is 5.32 Å². The highest BCUT2D eigenvalue weighted by molar-refractivity contribution is 5.90. The van der Waals surface area contributed by atoms with E-state index < -0.39 is 30.5 Å². The SMILES string of the molecule is COC(=O)[C@H](Cc1ccccc1)NC(=O)COC(=O)/C=C/c1ccccc1OC. The van der Waals surface area contributed by atoms with Crippen molar-refractivity contribution in [2.75, 3.05) is 20.8 Å². The van der Waals surface area contributed by atoms with E-state index in [2.05, 4.69) is 5.32 Å². The zero-order valence-electron chi connectivity index (χ0n) is 16.3. The number of carbonyl (C=O) groups is 3. The van der Waals surface area contributed by atoms with Gasteiger partial charge >= 0.3 is 11.9 Å². The normalized spacial score (nSPS) is 11.5. The monoisotopic (exact) mass is 397 g/mol. The average molecular weight is 397 g/mol. The Kier molecular flexibility index (Phi) is 8.44. The average Bonchev–Trinajstić information content (AvgIpc) is 2.76. The summed E-state index contributed by atoms with van der Waals surface area (Å²) in [5.41, 5.74) is 1.56. The van der Waals surface area contributed by atoms with Crippen LogP contribution in [0.25, 0.3) is 6.08 Å². The van der Waals surface area contributed by atoms with Crippen LogP contribution in [0.5, 0.6) is 5.75 Å². The minimum atomic E-state index is -0.877. The number of esters is 2. The minimum Gasteiger partial charge on any atom is -0.496 e. The second-order valence-corrected chi connectivity index (χ2v) is 6.02. The van der Waals surface area contributed by atoms with Crippen LogP contribution in [0, 0.1) is 0 Å². The summed E-state index contributed by atoms with van der Waals surface area (Å²) in [7, 11) is 2.78. The van der Waals surface area contributed by atoms with Crippen molar-refractivity contribution in [2.45, 2.75) is 12.5 Å². The summed E-state index contributed by atoms with van der Waals surface area (Å²) >= 11 is 0. The van der Waals surface area contributed by atoms with E-state index >= 15 is 0 Å². The van der Waals surface area contributed by atoms with Crippen LogP contribution in [-0.4, -0.2) is 44.7 Å². The molecule has 7 nitrogen and oxygen atoms in total. The van der Waals surface area contributed by atoms with Crippen LogP contribution in [0.2, 0.25) is 0 Å². The molecule has 0 radical (unpaired) electrons. The maximum absolute atomic E-state index is 12.1. The third kappa shape index (κ3) is 7.14. The Balaban J connectivity index is 1.88. The summed E-state index contributed by atoms with van der Waals surface area (Å²) in [4.78, 5) is 35.9. The van der Waals surface area contributed by atoms with Gasteiger partial charge in [-0.3, -0.25) is 4.79 Å². The lowest BCUT2D eigenvalue weighted by atomic mass is 10.1. The highest BCUT2D eigenvalue weighted by atomic mass is 16.5. The first-order chi connectivity index (χ1) is 14.0. The molecule has 0 unspecified atom stereocenters. The van der Waals surface area contributed by atoms with Crippen LogP contribution in [0.4, 0.5) is 0 Å². The van der Waals surface area contributed by atoms with Gasteiger partial charge in [-0.2, -0.15) is 0 Å². The van der Waals surface area contributed by atoms with Crippen LogP contribution in [0.1, 0.15) is 11.1 Å². The van der Waals surface area contributed by atoms with E-state index in [1.807, 2.05) is 36.4 Å². The molecule has 1 N–H and O–H groups in total. The Bertz CT molecular complexity index is 863. The lowest BCUT2D eigenvalue weighted by Crippen LogP contribution is -2.44. The van der Waals surface area contributed by atoms with Gasteiger partial charge in [-0.25, -0.2) is 9.59 Å². The molecule has 0 aromatic heterocycles. The van der Waals surface area contributed by atoms with Crippen molar-refractivity contribution in [3.05, 3.63) is 71.8 Å². The second kappa shape index (κ2) is 11.3. The van der Waals surface area contributed by atoms with Gasteiger partial charge in [0, 0.05) is 18.1 Å². The van der Waals surface area contributed by atoms with Crippen LogP contribution in [0.15, 0.2) is 60.7 Å². The summed E-state index contributed by atoms with van der Waals surface area (Å²) < 4.78 is 14.9. The molecule has 7 heteroatoms. The van der Waals surface area contributed by atoms with Crippen LogP contribution < -0.4 is 10.1 Å². The number of hydrogen-bond acceptors (Lipinski definition) is 6. The van der Waals surface area contributed by atoms with Gasteiger partial charge in [0.2, 0.25) is 0 Å². The quantitative estimate of drug-likeness (QED) is 0.515. The molecule has 0 bridgehead atoms. The van der Waals surface area contributed by atoms with Gasteiger partial charge in [0.05, 0.1) is 14.2 Å². The summed E-state index contributed by atoms with van der Waals surface area (Å²) in [6.07, 6.45) is 3.00. The zero-order valence-corrected chi connectivity index (χ0v) is 16.3. The number of amides is 1. The van der Waals surface area contributed by atoms with E-state index in [-0.39, 0.29) is 6.42 Å². The smallest absolute Gasteiger partial charge is 0.331 e. The highest BCUT2D eigenvalue weighted by Crippen LogP contribution is 2.18. The molecule has 1 amide bonds. The lowest BCUT2D eigenvalue weighted by Gasteiger charge is -2.16. The molecule has 29 heavy (non-hydrogen) atoms.